The van der Waals surface area contributed by atoms with Gasteiger partial charge in [0.25, 0.3) is 11.6 Å². The second-order valence-corrected chi connectivity index (χ2v) is 26.1. The van der Waals surface area contributed by atoms with Gasteiger partial charge in [0.15, 0.2) is 31.5 Å². The van der Waals surface area contributed by atoms with Crippen molar-refractivity contribution in [1.82, 2.24) is 26.6 Å². The first-order valence-electron chi connectivity index (χ1n) is 32.9. The Hall–Kier alpha value is -5.03. The van der Waals surface area contributed by atoms with E-state index in [-0.39, 0.29) is 0 Å². The molecule has 7 rings (SSSR count). The van der Waals surface area contributed by atoms with E-state index in [4.69, 9.17) is 61.6 Å². The Bertz CT molecular complexity index is 2900. The molecule has 0 spiro atoms. The maximum atomic E-state index is 13.1. The number of aliphatic hydroxyl groups excluding tert-OH is 20. The average molecular weight is 1530 g/mol. The van der Waals surface area contributed by atoms with Crippen molar-refractivity contribution in [3.63, 3.8) is 0 Å². The summed E-state index contributed by atoms with van der Waals surface area (Å²) in [6.07, 6.45) is -66.7. The Balaban J connectivity index is 1.10. The van der Waals surface area contributed by atoms with Crippen molar-refractivity contribution in [3.8, 4) is 0 Å². The van der Waals surface area contributed by atoms with Gasteiger partial charge in [-0.3, -0.25) is 24.0 Å². The first-order chi connectivity index (χ1) is 49.3. The molecule has 5 amide bonds. The summed E-state index contributed by atoms with van der Waals surface area (Å²) in [5.41, 5.74) is 0. The molecule has 7 fully saturated rings. The number of carbonyl (C=O) groups is 7. The van der Waals surface area contributed by atoms with E-state index in [0.29, 0.717) is 0 Å². The summed E-state index contributed by atoms with van der Waals surface area (Å²) in [6, 6.07) is -9.07. The molecule has 7 heterocycles. The van der Waals surface area contributed by atoms with Gasteiger partial charge in [-0.1, -0.05) is 0 Å². The minimum atomic E-state index is -3.25. The molecule has 0 aromatic carbocycles. The van der Waals surface area contributed by atoms with Gasteiger partial charge in [0.2, 0.25) is 29.5 Å². The zero-order valence-electron chi connectivity index (χ0n) is 56.6. The highest BCUT2D eigenvalue weighted by Gasteiger charge is 2.64. The Kier molecular flexibility index (Phi) is 30.8. The lowest BCUT2D eigenvalue weighted by Crippen LogP contribution is -2.71. The average Bonchev–Trinajstić information content (AvgIpc) is 0.760. The van der Waals surface area contributed by atoms with Crippen molar-refractivity contribution >= 4 is 41.5 Å². The van der Waals surface area contributed by atoms with Gasteiger partial charge in [-0.25, -0.2) is 9.59 Å². The van der Waals surface area contributed by atoms with Gasteiger partial charge >= 0.3 is 11.9 Å². The highest BCUT2D eigenvalue weighted by molar-refractivity contribution is 5.78. The van der Waals surface area contributed by atoms with Gasteiger partial charge in [0, 0.05) is 47.5 Å². The van der Waals surface area contributed by atoms with Crippen molar-refractivity contribution < 1.29 is 207 Å². The van der Waals surface area contributed by atoms with E-state index in [9.17, 15) is 146 Å². The van der Waals surface area contributed by atoms with E-state index >= 15 is 0 Å². The van der Waals surface area contributed by atoms with Gasteiger partial charge in [-0.2, -0.15) is 0 Å². The van der Waals surface area contributed by atoms with Crippen LogP contribution in [0.5, 0.6) is 0 Å². The summed E-state index contributed by atoms with van der Waals surface area (Å²) in [6.45, 7) is -3.27. The summed E-state index contributed by atoms with van der Waals surface area (Å²) in [7, 11) is 0. The molecule has 47 nitrogen and oxygen atoms in total. The van der Waals surface area contributed by atoms with Crippen molar-refractivity contribution in [3.05, 3.63) is 0 Å². The van der Waals surface area contributed by atoms with E-state index in [1.165, 1.54) is 0 Å². The number of hydrogen-bond donors (Lipinski definition) is 27. The Morgan fingerprint density at radius 3 is 1.07 bits per heavy atom. The standard InChI is InChI=1S/C58H95N5O42/c1-15(70)59-29-20(75)6-57(55(89)90,102-46(29)34(79)22(77)8-64)104-48-36(81)24(10-66)95-53(41(48)86)99-43-26(12-68)97-51(31(39(43)84)61-17(3)72)93-14-28-38(83)45(33(50(88)94-28)63-19(5)74)101-52-32(62-18(4)73)40(85)44(27(13-69)98-52)100-54-42(87)49(37(82)25(11-67)96-54)105-58(56(91)92)7-21(76)30(60-16(2)71)47(103-58)35(80)23(78)9-65/h20-54,64-69,75-88H,6-14H2,1-5H3,(H,59,70)(H,60,71)(H,61,72)(H,62,73)(H,63,74)(H,89,90)(H,91,92)/t20-,21-,22+,23+,24+,25+,26+,27+,28+,29+,30+,31+,32+,33+,34+,35+,36-,37-,38-,39+,40+,41+,42+,43+,44+,45+,46+,47+,48-,49-,50?,51+,52-,53-,54-,57-,58-/m0/s1. The lowest BCUT2D eigenvalue weighted by Gasteiger charge is -2.51. The molecule has 7 aliphatic rings. The zero-order chi connectivity index (χ0) is 78.3. The van der Waals surface area contributed by atoms with Crippen LogP contribution in [0.3, 0.4) is 0 Å². The van der Waals surface area contributed by atoms with E-state index in [0.717, 1.165) is 34.6 Å². The van der Waals surface area contributed by atoms with E-state index in [1.807, 2.05) is 0 Å². The van der Waals surface area contributed by atoms with Crippen LogP contribution >= 0.6 is 0 Å². The molecular formula is C58H95N5O42. The molecule has 0 aromatic heterocycles. The SMILES string of the molecule is CC(=O)N[C@H]1[C@H](OC[C@H]2OC(O)[C@H](NC(C)=O)[C@@H](O[C@@H]3O[C@H](CO)[C@@H](O[C@@H]4O[C@H](CO)[C@H](O)[C@H](O[C@]5(C(=O)O)C[C@H](O)[C@@H](NC(C)=O)[C@H]([C@H](O)[C@H](O)CO)O5)[C@H]4O)[C@H](O)[C@H]3NC(C)=O)[C@H]2O)O[C@H](CO)[C@@H](O[C@@H]2O[C@H](CO)[C@H](O)[C@H](O[C@]3(C(=O)O)C[C@H](O)[C@@H](NC(C)=O)[C@H]([C@H](O)[C@H](O)CO)O3)[C@H]2O)[C@@H]1O. The largest absolute Gasteiger partial charge is 0.477 e. The number of carboxylic acids is 2. The summed E-state index contributed by atoms with van der Waals surface area (Å²) in [4.78, 5) is 88.9. The topological polar surface area (TPSA) is 745 Å². The maximum absolute atomic E-state index is 13.1. The van der Waals surface area contributed by atoms with E-state index < -0.39 is 326 Å². The molecule has 604 valence electrons. The minimum absolute atomic E-state index is 0.850. The molecule has 0 saturated carbocycles. The molecule has 7 aliphatic heterocycles. The maximum Gasteiger partial charge on any atom is 0.364 e. The van der Waals surface area contributed by atoms with Crippen LogP contribution in [0.1, 0.15) is 47.5 Å². The van der Waals surface area contributed by atoms with Gasteiger partial charge in [0.1, 0.15) is 159 Å². The van der Waals surface area contributed by atoms with Crippen LogP contribution in [-0.2, 0) is 95.1 Å². The molecule has 47 heteroatoms. The van der Waals surface area contributed by atoms with Crippen LogP contribution in [0.25, 0.3) is 0 Å². The number of carboxylic acid groups (broad SMARTS) is 2. The summed E-state index contributed by atoms with van der Waals surface area (Å²) in [5.74, 6) is -15.2. The number of carbonyl (C=O) groups excluding carboxylic acids is 5. The third-order valence-corrected chi connectivity index (χ3v) is 18.5. The number of rotatable bonds is 30. The molecule has 1 unspecified atom stereocenters. The van der Waals surface area contributed by atoms with Crippen LogP contribution in [0, 0.1) is 0 Å². The van der Waals surface area contributed by atoms with Crippen LogP contribution in [0.15, 0.2) is 0 Å². The van der Waals surface area contributed by atoms with Crippen molar-refractivity contribution in [1.29, 1.82) is 0 Å². The molecular weight excluding hydrogens is 1440 g/mol. The number of aliphatic carboxylic acids is 2. The molecule has 0 radical (unpaired) electrons. The zero-order valence-corrected chi connectivity index (χ0v) is 56.6. The molecule has 0 aromatic rings. The summed E-state index contributed by atoms with van der Waals surface area (Å²) in [5, 5.41) is 253. The first kappa shape index (κ1) is 87.2. The molecule has 105 heavy (non-hydrogen) atoms. The van der Waals surface area contributed by atoms with Gasteiger partial charge in [-0.05, 0) is 0 Å². The normalized spacial score (nSPS) is 43.6. The first-order valence-corrected chi connectivity index (χ1v) is 32.9. The minimum Gasteiger partial charge on any atom is -0.477 e. The van der Waals surface area contributed by atoms with Gasteiger partial charge in [0.05, 0.1) is 70.5 Å². The Labute approximate surface area is 593 Å². The number of amides is 5. The highest BCUT2D eigenvalue weighted by Crippen LogP contribution is 2.42. The fourth-order valence-electron chi connectivity index (χ4n) is 13.3. The quantitative estimate of drug-likeness (QED) is 0.0318. The van der Waals surface area contributed by atoms with Crippen LogP contribution < -0.4 is 26.6 Å². The molecule has 37 atom stereocenters. The number of hydrogen-bond acceptors (Lipinski definition) is 40. The molecule has 0 bridgehead atoms. The fraction of sp³-hybridized carbons (Fsp3) is 0.879. The van der Waals surface area contributed by atoms with Crippen molar-refractivity contribution in [2.75, 3.05) is 46.2 Å². The number of nitrogens with one attached hydrogen (secondary N) is 5. The van der Waals surface area contributed by atoms with E-state index in [2.05, 4.69) is 26.6 Å². The second kappa shape index (κ2) is 37.1. The Morgan fingerprint density at radius 1 is 0.390 bits per heavy atom. The Morgan fingerprint density at radius 2 is 0.714 bits per heavy atom. The molecule has 7 saturated heterocycles. The summed E-state index contributed by atoms with van der Waals surface area (Å²) >= 11 is 0. The monoisotopic (exact) mass is 1530 g/mol. The molecule has 0 aliphatic carbocycles. The number of aliphatic hydroxyl groups is 20. The van der Waals surface area contributed by atoms with Gasteiger partial charge in [-0.15, -0.1) is 0 Å². The number of ether oxygens (including phenoxy) is 13. The van der Waals surface area contributed by atoms with Crippen LogP contribution in [-0.4, -0.2) is 426 Å². The van der Waals surface area contributed by atoms with E-state index in [1.54, 1.807) is 0 Å². The van der Waals surface area contributed by atoms with Gasteiger partial charge < -0.3 is 201 Å². The molecule has 27 N–H and O–H groups in total. The summed E-state index contributed by atoms with van der Waals surface area (Å²) < 4.78 is 75.4. The lowest BCUT2D eigenvalue weighted by molar-refractivity contribution is -0.386. The predicted molar refractivity (Wildman–Crippen MR) is 324 cm³/mol. The highest BCUT2D eigenvalue weighted by atomic mass is 16.8. The second-order valence-electron chi connectivity index (χ2n) is 26.1. The smallest absolute Gasteiger partial charge is 0.364 e. The van der Waals surface area contributed by atoms with Crippen molar-refractivity contribution in [2.24, 2.45) is 0 Å². The predicted octanol–water partition coefficient (Wildman–Crippen LogP) is -17.1. The third-order valence-electron chi connectivity index (χ3n) is 18.5. The fourth-order valence-corrected chi connectivity index (χ4v) is 13.3. The lowest BCUT2D eigenvalue weighted by atomic mass is 9.88. The third kappa shape index (κ3) is 19.6. The van der Waals surface area contributed by atoms with Crippen LogP contribution in [0.2, 0.25) is 0 Å². The van der Waals surface area contributed by atoms with Crippen LogP contribution in [0.4, 0.5) is 0 Å². The van der Waals surface area contributed by atoms with Crippen molar-refractivity contribution in [2.45, 2.75) is 273 Å².